The standard InChI is InChI=1S/C36H54BP3.Au.4ClH.Ga/c1-25(2)38(26(3)4)34-22-16-13-19-31(34)37(32-20-14-17-23-35(32)39(27(5)6)28(7)8)33-21-15-18-24-36(33)40(29(9)10)30(11)12;;;;;;/h13-30H,1-12H3;;4*1H;/q;+1;;;;;+3/p-4. The molecule has 0 nitrogen and oxygen atoms in total. The van der Waals surface area contributed by atoms with Gasteiger partial charge in [-0.1, -0.05) is 196 Å². The van der Waals surface area contributed by atoms with Gasteiger partial charge < -0.3 is 0 Å². The number of benzene rings is 3. The Morgan fingerprint density at radius 2 is 0.587 bits per heavy atom. The van der Waals surface area contributed by atoms with Crippen LogP contribution in [0.2, 0.25) is 0 Å². The number of hydrogen-bond donors (Lipinski definition) is 0. The minimum absolute atomic E-state index is 0. The van der Waals surface area contributed by atoms with Gasteiger partial charge in [0.05, 0.1) is 0 Å². The van der Waals surface area contributed by atoms with Gasteiger partial charge in [0, 0.05) is 0 Å². The molecule has 0 radical (unpaired) electrons. The molecule has 0 amide bonds. The number of halogens is 4. The molecule has 10 heteroatoms. The van der Waals surface area contributed by atoms with E-state index in [2.05, 4.69) is 156 Å². The summed E-state index contributed by atoms with van der Waals surface area (Å²) in [5, 5.41) is 4.82. The minimum atomic E-state index is -3.24. The van der Waals surface area contributed by atoms with Crippen LogP contribution in [0.5, 0.6) is 0 Å². The molecule has 0 aromatic heterocycles. The van der Waals surface area contributed by atoms with Crippen molar-refractivity contribution in [2.24, 2.45) is 0 Å². The van der Waals surface area contributed by atoms with E-state index in [1.54, 1.807) is 32.3 Å². The van der Waals surface area contributed by atoms with Gasteiger partial charge in [-0.15, -0.1) is 0 Å². The SMILES string of the molecule is CC(C)P(c1ccccc1B(c1ccccc1P(C(C)C)C(C)C)c1ccccc1P(C(C)C)C(C)C)C(C)C.[Au+].[Cl][Ga-]([Cl])([Cl])[Cl]. The first-order valence-corrected chi connectivity index (χ1v) is 33.5. The molecule has 0 saturated carbocycles. The van der Waals surface area contributed by atoms with Gasteiger partial charge in [-0.25, -0.2) is 0 Å². The Morgan fingerprint density at radius 1 is 0.413 bits per heavy atom. The molecule has 258 valence electrons. The van der Waals surface area contributed by atoms with Crippen LogP contribution < -0.4 is 32.3 Å². The molecule has 0 bridgehead atoms. The second kappa shape index (κ2) is 21.2. The summed E-state index contributed by atoms with van der Waals surface area (Å²) < 4.78 is 0. The van der Waals surface area contributed by atoms with Gasteiger partial charge in [-0.3, -0.25) is 0 Å². The molecule has 0 heterocycles. The van der Waals surface area contributed by atoms with Gasteiger partial charge in [0.25, 0.3) is 0 Å². The van der Waals surface area contributed by atoms with Crippen molar-refractivity contribution in [1.29, 1.82) is 0 Å². The first-order chi connectivity index (χ1) is 20.9. The molecular weight excluding hydrogens is 945 g/mol. The van der Waals surface area contributed by atoms with Crippen LogP contribution in [0.1, 0.15) is 83.1 Å². The molecule has 3 aromatic rings. The van der Waals surface area contributed by atoms with Crippen molar-refractivity contribution in [3.05, 3.63) is 72.8 Å². The quantitative estimate of drug-likeness (QED) is 0.125. The second-order valence-corrected chi connectivity index (χ2v) is 46.1. The fourth-order valence-corrected chi connectivity index (χ4v) is 16.1. The Balaban J connectivity index is 0.00000163. The van der Waals surface area contributed by atoms with Crippen molar-refractivity contribution in [2.75, 3.05) is 0 Å². The zero-order valence-corrected chi connectivity index (χ0v) is 40.0. The predicted molar refractivity (Wildman–Crippen MR) is 224 cm³/mol. The monoisotopic (exact) mass is 996 g/mol. The fraction of sp³-hybridized carbons (Fsp3) is 0.500. The van der Waals surface area contributed by atoms with Gasteiger partial charge in [-0.2, -0.15) is 0 Å². The van der Waals surface area contributed by atoms with Gasteiger partial charge in [-0.05, 0) is 49.9 Å². The molecule has 0 aliphatic heterocycles. The summed E-state index contributed by atoms with van der Waals surface area (Å²) >= 11 is -3.24. The number of rotatable bonds is 12. The van der Waals surface area contributed by atoms with E-state index < -0.39 is 11.0 Å². The predicted octanol–water partition coefficient (Wildman–Crippen LogP) is 10.3. The summed E-state index contributed by atoms with van der Waals surface area (Å²) in [5.74, 6) is 0. The van der Waals surface area contributed by atoms with Gasteiger partial charge in [0.15, 0.2) is 0 Å². The van der Waals surface area contributed by atoms with E-state index in [1.807, 2.05) is 0 Å². The van der Waals surface area contributed by atoms with Gasteiger partial charge in [0.1, 0.15) is 0 Å². The molecule has 0 aliphatic carbocycles. The van der Waals surface area contributed by atoms with Crippen LogP contribution in [0.25, 0.3) is 0 Å². The van der Waals surface area contributed by atoms with Crippen molar-refractivity contribution in [3.63, 3.8) is 0 Å². The molecule has 0 saturated heterocycles. The van der Waals surface area contributed by atoms with Crippen LogP contribution in [0, 0.1) is 0 Å². The Bertz CT molecular complexity index is 1150. The molecule has 0 spiro atoms. The van der Waals surface area contributed by atoms with E-state index in [-0.39, 0.29) is 52.9 Å². The van der Waals surface area contributed by atoms with Gasteiger partial charge in [0.2, 0.25) is 6.71 Å². The zero-order valence-electron chi connectivity index (χ0n) is 29.7. The third-order valence-electron chi connectivity index (χ3n) is 7.92. The number of hydrogen-bond acceptors (Lipinski definition) is 0. The molecule has 0 aliphatic rings. The summed E-state index contributed by atoms with van der Waals surface area (Å²) in [5.41, 5.74) is 8.51. The first-order valence-electron chi connectivity index (χ1n) is 16.4. The Labute approximate surface area is 321 Å². The third kappa shape index (κ3) is 13.3. The third-order valence-corrected chi connectivity index (χ3v) is 17.5. The first kappa shape index (κ1) is 45.6. The molecule has 0 fully saturated rings. The van der Waals surface area contributed by atoms with Crippen molar-refractivity contribution >= 4 is 112 Å². The molecule has 3 rings (SSSR count). The topological polar surface area (TPSA) is 0 Å². The van der Waals surface area contributed by atoms with Crippen LogP contribution in [-0.2, 0) is 22.4 Å². The molecule has 0 atom stereocenters. The Hall–Kier alpha value is 1.55. The van der Waals surface area contributed by atoms with E-state index in [4.69, 9.17) is 38.6 Å². The average Bonchev–Trinajstić information content (AvgIpc) is 2.89. The van der Waals surface area contributed by atoms with Crippen LogP contribution in [0.4, 0.5) is 0 Å². The molecular formula is C36H54AuBCl4GaP3. The maximum atomic E-state index is 5.03. The van der Waals surface area contributed by atoms with E-state index in [0.717, 1.165) is 0 Å². The summed E-state index contributed by atoms with van der Waals surface area (Å²) in [6, 6.07) is 28.6. The van der Waals surface area contributed by atoms with E-state index in [9.17, 15) is 0 Å². The molecule has 46 heavy (non-hydrogen) atoms. The average molecular weight is 999 g/mol. The summed E-state index contributed by atoms with van der Waals surface area (Å²) in [7, 11) is 19.2. The normalized spacial score (nSPS) is 12.2. The summed E-state index contributed by atoms with van der Waals surface area (Å²) in [6.45, 7) is 29.5. The second-order valence-electron chi connectivity index (χ2n) is 13.4. The molecule has 0 N–H and O–H groups in total. The fourth-order valence-electron chi connectivity index (χ4n) is 6.86. The van der Waals surface area contributed by atoms with Crippen LogP contribution >= 0.6 is 62.3 Å². The summed E-state index contributed by atoms with van der Waals surface area (Å²) in [6.07, 6.45) is 0. The van der Waals surface area contributed by atoms with Crippen LogP contribution in [-0.4, -0.2) is 51.7 Å². The molecule has 3 aromatic carbocycles. The zero-order chi connectivity index (χ0) is 34.2. The molecule has 0 unspecified atom stereocenters. The van der Waals surface area contributed by atoms with E-state index >= 15 is 0 Å². The van der Waals surface area contributed by atoms with Crippen molar-refractivity contribution < 1.29 is 22.4 Å². The van der Waals surface area contributed by atoms with E-state index in [0.29, 0.717) is 34.0 Å². The van der Waals surface area contributed by atoms with E-state index in [1.165, 1.54) is 0 Å². The Morgan fingerprint density at radius 3 is 0.761 bits per heavy atom. The Kier molecular flexibility index (Phi) is 21.0. The van der Waals surface area contributed by atoms with Crippen LogP contribution in [0.3, 0.4) is 0 Å². The van der Waals surface area contributed by atoms with Crippen molar-refractivity contribution in [3.8, 4) is 0 Å². The van der Waals surface area contributed by atoms with Crippen molar-refractivity contribution in [1.82, 2.24) is 0 Å². The summed E-state index contributed by atoms with van der Waals surface area (Å²) in [4.78, 5) is 0. The maximum absolute atomic E-state index is 5.03. The van der Waals surface area contributed by atoms with Gasteiger partial charge >= 0.3 is 72.0 Å². The van der Waals surface area contributed by atoms with Crippen molar-refractivity contribution in [2.45, 2.75) is 117 Å². The van der Waals surface area contributed by atoms with Crippen LogP contribution in [0.15, 0.2) is 72.8 Å².